The average molecular weight is 227 g/mol. The molecule has 0 saturated heterocycles. The van der Waals surface area contributed by atoms with E-state index in [9.17, 15) is 0 Å². The van der Waals surface area contributed by atoms with Crippen LogP contribution >= 0.6 is 0 Å². The molecule has 0 aliphatic heterocycles. The van der Waals surface area contributed by atoms with Crippen LogP contribution in [0.25, 0.3) is 0 Å². The molecule has 3 rings (SSSR count). The summed E-state index contributed by atoms with van der Waals surface area (Å²) in [6, 6.07) is 8.54. The van der Waals surface area contributed by atoms with Gasteiger partial charge in [-0.1, -0.05) is 43.4 Å². The fourth-order valence-electron chi connectivity index (χ4n) is 3.68. The van der Waals surface area contributed by atoms with Gasteiger partial charge in [0, 0.05) is 0 Å². The van der Waals surface area contributed by atoms with E-state index >= 15 is 0 Å². The molecular formula is C17H23. The minimum Gasteiger partial charge on any atom is -0.0552 e. The van der Waals surface area contributed by atoms with Gasteiger partial charge in [0.25, 0.3) is 0 Å². The fraction of sp³-hybridized carbons (Fsp3) is 0.647. The van der Waals surface area contributed by atoms with Crippen molar-refractivity contribution in [1.82, 2.24) is 0 Å². The van der Waals surface area contributed by atoms with Crippen molar-refractivity contribution in [1.29, 1.82) is 0 Å². The van der Waals surface area contributed by atoms with Crippen molar-refractivity contribution < 1.29 is 0 Å². The average Bonchev–Trinajstić information content (AvgIpc) is 3.02. The van der Waals surface area contributed by atoms with Crippen molar-refractivity contribution in [3.05, 3.63) is 34.9 Å². The smallest absolute Gasteiger partial charge is 0.0108 e. The first-order chi connectivity index (χ1) is 8.33. The van der Waals surface area contributed by atoms with Crippen LogP contribution in [-0.4, -0.2) is 0 Å². The molecule has 0 N–H and O–H groups in total. The molecule has 1 aromatic rings. The second kappa shape index (κ2) is 4.84. The largest absolute Gasteiger partial charge is 0.0552 e. The summed E-state index contributed by atoms with van der Waals surface area (Å²) < 4.78 is 0. The van der Waals surface area contributed by atoms with Crippen molar-refractivity contribution in [2.75, 3.05) is 0 Å². The number of hydrogen-bond donors (Lipinski definition) is 0. The van der Waals surface area contributed by atoms with Crippen molar-refractivity contribution in [3.63, 3.8) is 0 Å². The van der Waals surface area contributed by atoms with Gasteiger partial charge in [-0.3, -0.25) is 0 Å². The second-order valence-electron chi connectivity index (χ2n) is 6.03. The molecular weight excluding hydrogens is 204 g/mol. The maximum Gasteiger partial charge on any atom is -0.0108 e. The topological polar surface area (TPSA) is 0 Å². The Bertz CT molecular complexity index is 345. The summed E-state index contributed by atoms with van der Waals surface area (Å²) in [6.07, 6.45) is 11.3. The van der Waals surface area contributed by atoms with Gasteiger partial charge in [-0.25, -0.2) is 0 Å². The fourth-order valence-corrected chi connectivity index (χ4v) is 3.68. The van der Waals surface area contributed by atoms with Crippen LogP contribution < -0.4 is 0 Å². The van der Waals surface area contributed by atoms with E-state index in [0.717, 1.165) is 11.8 Å². The van der Waals surface area contributed by atoms with Crippen molar-refractivity contribution in [2.45, 2.75) is 70.1 Å². The third-order valence-corrected chi connectivity index (χ3v) is 4.65. The highest BCUT2D eigenvalue weighted by atomic mass is 14.3. The van der Waals surface area contributed by atoms with Gasteiger partial charge in [0.05, 0.1) is 0 Å². The Labute approximate surface area is 105 Å². The number of benzene rings is 1. The van der Waals surface area contributed by atoms with Crippen LogP contribution in [-0.2, 0) is 0 Å². The van der Waals surface area contributed by atoms with Crippen LogP contribution in [0.5, 0.6) is 0 Å². The first-order valence-electron chi connectivity index (χ1n) is 7.37. The molecule has 0 heteroatoms. The van der Waals surface area contributed by atoms with Gasteiger partial charge in [0.2, 0.25) is 0 Å². The summed E-state index contributed by atoms with van der Waals surface area (Å²) in [6.45, 7) is 2.25. The third kappa shape index (κ3) is 2.41. The first kappa shape index (κ1) is 11.3. The van der Waals surface area contributed by atoms with Crippen LogP contribution in [0.2, 0.25) is 0 Å². The summed E-state index contributed by atoms with van der Waals surface area (Å²) in [7, 11) is 0. The lowest BCUT2D eigenvalue weighted by molar-refractivity contribution is 0.697. The van der Waals surface area contributed by atoms with Gasteiger partial charge < -0.3 is 0 Å². The Balaban J connectivity index is 1.88. The van der Waals surface area contributed by atoms with E-state index in [1.165, 1.54) is 68.1 Å². The summed E-state index contributed by atoms with van der Waals surface area (Å²) in [5.74, 6) is 1.63. The lowest BCUT2D eigenvalue weighted by Gasteiger charge is -2.15. The molecule has 91 valence electrons. The standard InChI is InChI=1S/C17H23/c1-13-10-16(14-6-2-3-7-14)12-17(11-13)15-8-4-5-9-15/h10-11,14-15H,2-9H2,1H3. The highest BCUT2D eigenvalue weighted by molar-refractivity contribution is 5.33. The molecule has 0 amide bonds. The SMILES string of the molecule is Cc1cc(C2CCCC2)[c]c(C2CCCC2)c1. The lowest BCUT2D eigenvalue weighted by Crippen LogP contribution is -1.99. The monoisotopic (exact) mass is 227 g/mol. The van der Waals surface area contributed by atoms with E-state index in [-0.39, 0.29) is 0 Å². The molecule has 2 fully saturated rings. The molecule has 0 heterocycles. The number of hydrogen-bond acceptors (Lipinski definition) is 0. The molecule has 0 nitrogen and oxygen atoms in total. The van der Waals surface area contributed by atoms with Gasteiger partial charge in [0.1, 0.15) is 0 Å². The van der Waals surface area contributed by atoms with Gasteiger partial charge >= 0.3 is 0 Å². The molecule has 2 aliphatic carbocycles. The summed E-state index contributed by atoms with van der Waals surface area (Å²) >= 11 is 0. The van der Waals surface area contributed by atoms with Gasteiger partial charge in [-0.2, -0.15) is 0 Å². The van der Waals surface area contributed by atoms with E-state index in [1.54, 1.807) is 0 Å². The lowest BCUT2D eigenvalue weighted by atomic mass is 9.89. The molecule has 0 atom stereocenters. The Morgan fingerprint density at radius 3 is 1.65 bits per heavy atom. The maximum atomic E-state index is 3.77. The normalized spacial score (nSPS) is 22.4. The number of aryl methyl sites for hydroxylation is 1. The quantitative estimate of drug-likeness (QED) is 0.658. The number of rotatable bonds is 2. The molecule has 2 aliphatic rings. The molecule has 0 aromatic heterocycles. The highest BCUT2D eigenvalue weighted by Crippen LogP contribution is 2.38. The predicted octanol–water partition coefficient (Wildman–Crippen LogP) is 5.11. The van der Waals surface area contributed by atoms with Crippen LogP contribution in [0.1, 0.15) is 79.9 Å². The summed E-state index contributed by atoms with van der Waals surface area (Å²) in [4.78, 5) is 0. The van der Waals surface area contributed by atoms with Gasteiger partial charge in [-0.05, 0) is 61.6 Å². The Morgan fingerprint density at radius 2 is 1.24 bits per heavy atom. The van der Waals surface area contributed by atoms with Gasteiger partial charge in [0.15, 0.2) is 0 Å². The molecule has 1 radical (unpaired) electrons. The molecule has 0 spiro atoms. The molecule has 0 bridgehead atoms. The van der Waals surface area contributed by atoms with Crippen LogP contribution in [0.3, 0.4) is 0 Å². The van der Waals surface area contributed by atoms with Crippen molar-refractivity contribution >= 4 is 0 Å². The zero-order chi connectivity index (χ0) is 11.7. The Kier molecular flexibility index (Phi) is 3.22. The van der Waals surface area contributed by atoms with Crippen LogP contribution in [0.4, 0.5) is 0 Å². The Hall–Kier alpha value is -0.780. The van der Waals surface area contributed by atoms with Gasteiger partial charge in [-0.15, -0.1) is 0 Å². The molecule has 1 aromatic carbocycles. The Morgan fingerprint density at radius 1 is 0.824 bits per heavy atom. The van der Waals surface area contributed by atoms with E-state index in [4.69, 9.17) is 0 Å². The van der Waals surface area contributed by atoms with E-state index < -0.39 is 0 Å². The second-order valence-corrected chi connectivity index (χ2v) is 6.03. The molecule has 17 heavy (non-hydrogen) atoms. The first-order valence-corrected chi connectivity index (χ1v) is 7.37. The third-order valence-electron chi connectivity index (χ3n) is 4.65. The highest BCUT2D eigenvalue weighted by Gasteiger charge is 2.21. The zero-order valence-corrected chi connectivity index (χ0v) is 11.0. The minimum atomic E-state index is 0.815. The van der Waals surface area contributed by atoms with Crippen LogP contribution in [0.15, 0.2) is 12.1 Å². The van der Waals surface area contributed by atoms with Crippen molar-refractivity contribution in [2.24, 2.45) is 0 Å². The predicted molar refractivity (Wildman–Crippen MR) is 72.4 cm³/mol. The summed E-state index contributed by atoms with van der Waals surface area (Å²) in [5.41, 5.74) is 4.49. The van der Waals surface area contributed by atoms with E-state index in [2.05, 4.69) is 25.1 Å². The van der Waals surface area contributed by atoms with E-state index in [0.29, 0.717) is 0 Å². The van der Waals surface area contributed by atoms with E-state index in [1.807, 2.05) is 0 Å². The maximum absolute atomic E-state index is 3.77. The molecule has 0 unspecified atom stereocenters. The summed E-state index contributed by atoms with van der Waals surface area (Å²) in [5, 5.41) is 0. The zero-order valence-electron chi connectivity index (χ0n) is 11.0. The minimum absolute atomic E-state index is 0.815. The molecule has 2 saturated carbocycles. The van der Waals surface area contributed by atoms with Crippen molar-refractivity contribution in [3.8, 4) is 0 Å². The van der Waals surface area contributed by atoms with Crippen LogP contribution in [0, 0.1) is 13.0 Å².